The number of hydrogen-bond donors (Lipinski definition) is 1. The van der Waals surface area contributed by atoms with Crippen molar-refractivity contribution in [1.82, 2.24) is 14.5 Å². The molecule has 0 unspecified atom stereocenters. The number of aryl methyl sites for hydroxylation is 2. The zero-order valence-corrected chi connectivity index (χ0v) is 14.1. The molecule has 24 heavy (non-hydrogen) atoms. The lowest BCUT2D eigenvalue weighted by atomic mass is 9.93. The number of hydrogen-bond acceptors (Lipinski definition) is 4. The van der Waals surface area contributed by atoms with Crippen molar-refractivity contribution >= 4 is 5.91 Å². The van der Waals surface area contributed by atoms with Crippen LogP contribution < -0.4 is 4.74 Å². The number of ether oxygens (including phenoxy) is 1. The van der Waals surface area contributed by atoms with Gasteiger partial charge in [-0.1, -0.05) is 18.2 Å². The topological polar surface area (TPSA) is 67.6 Å². The molecule has 1 aromatic heterocycles. The summed E-state index contributed by atoms with van der Waals surface area (Å²) in [6, 6.07) is 7.71. The maximum absolute atomic E-state index is 12.6. The molecule has 1 aliphatic heterocycles. The summed E-state index contributed by atoms with van der Waals surface area (Å²) in [7, 11) is 1.79. The van der Waals surface area contributed by atoms with Gasteiger partial charge in [-0.3, -0.25) is 4.79 Å². The molecule has 1 N–H and O–H groups in total. The van der Waals surface area contributed by atoms with Gasteiger partial charge in [0, 0.05) is 26.0 Å². The third-order valence-corrected chi connectivity index (χ3v) is 4.44. The summed E-state index contributed by atoms with van der Waals surface area (Å²) in [5.41, 5.74) is -0.0145. The van der Waals surface area contributed by atoms with Gasteiger partial charge in [0.05, 0.1) is 6.54 Å². The zero-order chi connectivity index (χ0) is 17.2. The van der Waals surface area contributed by atoms with E-state index in [1.807, 2.05) is 31.2 Å². The predicted molar refractivity (Wildman–Crippen MR) is 90.0 cm³/mol. The Balaban J connectivity index is 1.67. The summed E-state index contributed by atoms with van der Waals surface area (Å²) in [5, 5.41) is 10.9. The number of nitrogens with zero attached hydrogens (tertiary/aromatic N) is 3. The van der Waals surface area contributed by atoms with Gasteiger partial charge >= 0.3 is 0 Å². The Hall–Kier alpha value is -2.34. The van der Waals surface area contributed by atoms with Crippen LogP contribution in [0.2, 0.25) is 0 Å². The van der Waals surface area contributed by atoms with Crippen molar-refractivity contribution in [2.75, 3.05) is 19.7 Å². The molecule has 1 atom stereocenters. The first kappa shape index (κ1) is 16.5. The first-order valence-electron chi connectivity index (χ1n) is 8.16. The highest BCUT2D eigenvalue weighted by molar-refractivity contribution is 5.91. The molecule has 0 spiro atoms. The zero-order valence-electron chi connectivity index (χ0n) is 14.1. The molecule has 0 saturated carbocycles. The molecule has 1 aliphatic rings. The first-order chi connectivity index (χ1) is 11.5. The number of amides is 1. The molecule has 6 heteroatoms. The summed E-state index contributed by atoms with van der Waals surface area (Å²) >= 11 is 0. The molecule has 1 saturated heterocycles. The lowest BCUT2D eigenvalue weighted by molar-refractivity contribution is -0.0535. The SMILES string of the molecule is Cc1ccccc1OC[C@]1(O)CCCN(C(=O)c2nccn2C)C1. The number of aromatic nitrogens is 2. The largest absolute Gasteiger partial charge is 0.490 e. The van der Waals surface area contributed by atoms with Crippen molar-refractivity contribution in [2.45, 2.75) is 25.4 Å². The van der Waals surface area contributed by atoms with E-state index in [4.69, 9.17) is 4.74 Å². The highest BCUT2D eigenvalue weighted by atomic mass is 16.5. The normalized spacial score (nSPS) is 20.9. The van der Waals surface area contributed by atoms with E-state index in [2.05, 4.69) is 4.98 Å². The average molecular weight is 329 g/mol. The van der Waals surface area contributed by atoms with Gasteiger partial charge in [0.25, 0.3) is 5.91 Å². The highest BCUT2D eigenvalue weighted by Gasteiger charge is 2.37. The van der Waals surface area contributed by atoms with Crippen LogP contribution in [0, 0.1) is 6.92 Å². The van der Waals surface area contributed by atoms with E-state index >= 15 is 0 Å². The number of rotatable bonds is 4. The Bertz CT molecular complexity index is 728. The van der Waals surface area contributed by atoms with Crippen molar-refractivity contribution in [2.24, 2.45) is 7.05 Å². The Morgan fingerprint density at radius 1 is 1.42 bits per heavy atom. The molecule has 6 nitrogen and oxygen atoms in total. The van der Waals surface area contributed by atoms with E-state index in [1.165, 1.54) is 0 Å². The van der Waals surface area contributed by atoms with Crippen molar-refractivity contribution in [3.05, 3.63) is 48.0 Å². The molecule has 128 valence electrons. The number of likely N-dealkylation sites (tertiary alicyclic amines) is 1. The van der Waals surface area contributed by atoms with Crippen LogP contribution in [-0.2, 0) is 7.05 Å². The second-order valence-corrected chi connectivity index (χ2v) is 6.47. The highest BCUT2D eigenvalue weighted by Crippen LogP contribution is 2.25. The molecule has 1 amide bonds. The van der Waals surface area contributed by atoms with E-state index in [0.29, 0.717) is 18.8 Å². The summed E-state index contributed by atoms with van der Waals surface area (Å²) in [5.74, 6) is 0.995. The minimum absolute atomic E-state index is 0.156. The Morgan fingerprint density at radius 2 is 2.21 bits per heavy atom. The predicted octanol–water partition coefficient (Wildman–Crippen LogP) is 1.77. The van der Waals surface area contributed by atoms with Gasteiger partial charge in [0.2, 0.25) is 0 Å². The number of benzene rings is 1. The fourth-order valence-electron chi connectivity index (χ4n) is 3.05. The molecule has 0 aliphatic carbocycles. The summed E-state index contributed by atoms with van der Waals surface area (Å²) in [6.45, 7) is 3.02. The minimum Gasteiger partial charge on any atom is -0.490 e. The van der Waals surface area contributed by atoms with Crippen LogP contribution in [0.1, 0.15) is 29.0 Å². The van der Waals surface area contributed by atoms with Gasteiger partial charge in [-0.15, -0.1) is 0 Å². The number of carbonyl (C=O) groups excluding carboxylic acids is 1. The number of aliphatic hydroxyl groups is 1. The van der Waals surface area contributed by atoms with E-state index in [1.54, 1.807) is 28.9 Å². The van der Waals surface area contributed by atoms with Crippen LogP contribution in [0.15, 0.2) is 36.7 Å². The third-order valence-electron chi connectivity index (χ3n) is 4.44. The number of para-hydroxylation sites is 1. The van der Waals surface area contributed by atoms with E-state index in [-0.39, 0.29) is 19.1 Å². The van der Waals surface area contributed by atoms with Gasteiger partial charge < -0.3 is 19.3 Å². The van der Waals surface area contributed by atoms with Gasteiger partial charge in [-0.25, -0.2) is 4.98 Å². The summed E-state index contributed by atoms with van der Waals surface area (Å²) in [4.78, 5) is 18.4. The molecule has 0 bridgehead atoms. The molecule has 1 aromatic carbocycles. The van der Waals surface area contributed by atoms with Gasteiger partial charge in [0.15, 0.2) is 5.82 Å². The van der Waals surface area contributed by atoms with Crippen molar-refractivity contribution in [1.29, 1.82) is 0 Å². The molecule has 3 rings (SSSR count). The van der Waals surface area contributed by atoms with Crippen LogP contribution in [0.5, 0.6) is 5.75 Å². The Labute approximate surface area is 141 Å². The standard InChI is InChI=1S/C18H23N3O3/c1-14-6-3-4-7-15(14)24-13-18(23)8-5-10-21(12-18)17(22)16-19-9-11-20(16)2/h3-4,6-7,9,11,23H,5,8,10,12-13H2,1-2H3/t18-/m0/s1. The van der Waals surface area contributed by atoms with Crippen molar-refractivity contribution in [3.63, 3.8) is 0 Å². The van der Waals surface area contributed by atoms with E-state index in [9.17, 15) is 9.90 Å². The maximum Gasteiger partial charge on any atom is 0.289 e. The summed E-state index contributed by atoms with van der Waals surface area (Å²) < 4.78 is 7.51. The number of β-amino-alcohol motifs (C(OH)–C–C–N with tert-alkyl or cyclic N) is 1. The van der Waals surface area contributed by atoms with Crippen LogP contribution in [-0.4, -0.2) is 50.8 Å². The van der Waals surface area contributed by atoms with Crippen LogP contribution in [0.4, 0.5) is 0 Å². The average Bonchev–Trinajstić information content (AvgIpc) is 2.99. The van der Waals surface area contributed by atoms with E-state index in [0.717, 1.165) is 17.7 Å². The Kier molecular flexibility index (Phi) is 4.57. The second-order valence-electron chi connectivity index (χ2n) is 6.47. The molecular formula is C18H23N3O3. The smallest absolute Gasteiger partial charge is 0.289 e. The fourth-order valence-corrected chi connectivity index (χ4v) is 3.05. The number of piperidine rings is 1. The van der Waals surface area contributed by atoms with Gasteiger partial charge in [-0.2, -0.15) is 0 Å². The van der Waals surface area contributed by atoms with Crippen molar-refractivity contribution in [3.8, 4) is 5.75 Å². The fraction of sp³-hybridized carbons (Fsp3) is 0.444. The van der Waals surface area contributed by atoms with Gasteiger partial charge in [-0.05, 0) is 31.4 Å². The lowest BCUT2D eigenvalue weighted by Gasteiger charge is -2.38. The van der Waals surface area contributed by atoms with Crippen LogP contribution in [0.3, 0.4) is 0 Å². The van der Waals surface area contributed by atoms with Gasteiger partial charge in [0.1, 0.15) is 18.0 Å². The monoisotopic (exact) mass is 329 g/mol. The number of carbonyl (C=O) groups is 1. The molecule has 0 radical (unpaired) electrons. The minimum atomic E-state index is -1.04. The quantitative estimate of drug-likeness (QED) is 0.928. The maximum atomic E-state index is 12.6. The number of imidazole rings is 1. The molecule has 2 aromatic rings. The molecule has 1 fully saturated rings. The second kappa shape index (κ2) is 6.65. The van der Waals surface area contributed by atoms with Crippen LogP contribution >= 0.6 is 0 Å². The lowest BCUT2D eigenvalue weighted by Crippen LogP contribution is -2.53. The van der Waals surface area contributed by atoms with Crippen LogP contribution in [0.25, 0.3) is 0 Å². The third kappa shape index (κ3) is 3.43. The summed E-state index contributed by atoms with van der Waals surface area (Å²) in [6.07, 6.45) is 4.70. The molecule has 2 heterocycles. The Morgan fingerprint density at radius 3 is 2.92 bits per heavy atom. The van der Waals surface area contributed by atoms with E-state index < -0.39 is 5.60 Å². The first-order valence-corrected chi connectivity index (χ1v) is 8.16. The van der Waals surface area contributed by atoms with Crippen molar-refractivity contribution < 1.29 is 14.6 Å². The molecular weight excluding hydrogens is 306 g/mol.